The Kier molecular flexibility index (Phi) is 4.01. The second-order valence-electron chi connectivity index (χ2n) is 12.3. The van der Waals surface area contributed by atoms with E-state index < -0.39 is 193 Å². The fourth-order valence-corrected chi connectivity index (χ4v) is 6.44. The van der Waals surface area contributed by atoms with Gasteiger partial charge in [-0.05, 0) is 46.4 Å². The van der Waals surface area contributed by atoms with Crippen molar-refractivity contribution in [3.8, 4) is 67.5 Å². The molecule has 3 aromatic heterocycles. The minimum Gasteiger partial charge on any atom is -0.455 e. The monoisotopic (exact) mass is 738 g/mol. The van der Waals surface area contributed by atoms with E-state index in [4.69, 9.17) is 38.9 Å². The number of nitrogens with zero attached hydrogens (tertiary/aromatic N) is 3. The van der Waals surface area contributed by atoms with Crippen LogP contribution in [-0.4, -0.2) is 15.0 Å². The Bertz CT molecular complexity index is 4350. The molecule has 262 valence electrons. The molecular formula is C51H31N3O2. The van der Waals surface area contributed by atoms with Gasteiger partial charge in [-0.15, -0.1) is 0 Å². The van der Waals surface area contributed by atoms with Crippen LogP contribution < -0.4 is 0 Å². The summed E-state index contributed by atoms with van der Waals surface area (Å²) in [5, 5.41) is -1.57. The summed E-state index contributed by atoms with van der Waals surface area (Å²) >= 11 is 0. The third-order valence-electron chi connectivity index (χ3n) is 8.98. The van der Waals surface area contributed by atoms with Crippen LogP contribution in [0, 0.1) is 0 Å². The second kappa shape index (κ2) is 13.0. The molecule has 5 heteroatoms. The highest BCUT2D eigenvalue weighted by atomic mass is 16.3. The maximum absolute atomic E-state index is 10.0. The molecule has 0 aliphatic carbocycles. The highest BCUT2D eigenvalue weighted by Crippen LogP contribution is 2.44. The van der Waals surface area contributed by atoms with Gasteiger partial charge in [-0.25, -0.2) is 15.0 Å². The standard InChI is InChI=1S/C51H31N3O2/c1-4-14-32(15-5-1)33-26-28-34(29-27-33)42-30-37(31-43-39-20-10-11-24-44(39)55-48(42)43)38-21-12-22-40-46-41(23-13-25-45(46)56-47(38)40)51-53-49(35-16-6-2-7-17-35)52-50(54-51)36-18-8-3-9-19-36/h1-31H/i1D,4D,5D,10D,11D,12D,13D,14D,15D,20D,21D,22D,23D,24D,25D,26D,27D,28D,29D,30D,31D. The Morgan fingerprint density at radius 3 is 1.66 bits per heavy atom. The van der Waals surface area contributed by atoms with E-state index in [1.165, 1.54) is 0 Å². The number of fused-ring (bicyclic) bond motifs is 6. The van der Waals surface area contributed by atoms with Gasteiger partial charge in [0, 0.05) is 49.4 Å². The first-order valence-corrected chi connectivity index (χ1v) is 17.0. The Hall–Kier alpha value is -7.63. The fraction of sp³-hybridized carbons (Fsp3) is 0. The van der Waals surface area contributed by atoms with E-state index in [0.29, 0.717) is 11.1 Å². The molecule has 8 aromatic carbocycles. The van der Waals surface area contributed by atoms with Gasteiger partial charge in [-0.1, -0.05) is 163 Å². The average molecular weight is 739 g/mol. The molecule has 0 aliphatic rings. The zero-order chi connectivity index (χ0) is 55.3. The topological polar surface area (TPSA) is 65.0 Å². The molecule has 0 bridgehead atoms. The number of para-hydroxylation sites is 2. The molecular weight excluding hydrogens is 687 g/mol. The highest BCUT2D eigenvalue weighted by Gasteiger charge is 2.21. The van der Waals surface area contributed by atoms with Crippen LogP contribution in [0.2, 0.25) is 0 Å². The van der Waals surface area contributed by atoms with Gasteiger partial charge in [0.2, 0.25) is 0 Å². The minimum atomic E-state index is -0.981. The summed E-state index contributed by atoms with van der Waals surface area (Å²) in [4.78, 5) is 14.2. The van der Waals surface area contributed by atoms with Crippen molar-refractivity contribution in [3.05, 3.63) is 188 Å². The maximum Gasteiger partial charge on any atom is 0.164 e. The Morgan fingerprint density at radius 2 is 0.911 bits per heavy atom. The van der Waals surface area contributed by atoms with E-state index in [1.54, 1.807) is 60.7 Å². The molecule has 11 aromatic rings. The van der Waals surface area contributed by atoms with Crippen molar-refractivity contribution in [2.24, 2.45) is 0 Å². The molecule has 0 radical (unpaired) electrons. The summed E-state index contributed by atoms with van der Waals surface area (Å²) < 4.78 is 202. The minimum absolute atomic E-state index is 0.122. The third-order valence-corrected chi connectivity index (χ3v) is 8.98. The smallest absolute Gasteiger partial charge is 0.164 e. The van der Waals surface area contributed by atoms with Crippen LogP contribution in [0.5, 0.6) is 0 Å². The van der Waals surface area contributed by atoms with Gasteiger partial charge in [-0.2, -0.15) is 0 Å². The second-order valence-corrected chi connectivity index (χ2v) is 12.3. The Labute approximate surface area is 351 Å². The van der Waals surface area contributed by atoms with Crippen LogP contribution in [0.4, 0.5) is 0 Å². The quantitative estimate of drug-likeness (QED) is 0.170. The van der Waals surface area contributed by atoms with Gasteiger partial charge < -0.3 is 8.83 Å². The van der Waals surface area contributed by atoms with E-state index >= 15 is 0 Å². The zero-order valence-corrected chi connectivity index (χ0v) is 28.4. The van der Waals surface area contributed by atoms with Crippen molar-refractivity contribution in [2.75, 3.05) is 0 Å². The molecule has 56 heavy (non-hydrogen) atoms. The van der Waals surface area contributed by atoms with E-state index in [1.807, 2.05) is 0 Å². The molecule has 0 amide bonds. The molecule has 5 nitrogen and oxygen atoms in total. The van der Waals surface area contributed by atoms with Gasteiger partial charge in [0.15, 0.2) is 17.5 Å². The molecule has 0 saturated carbocycles. The maximum atomic E-state index is 10.0. The SMILES string of the molecule is [2H]c1c([2H])c([2H])c(-c2c([2H])c([2H])c(-c3c([2H])c(-c4c([2H])c([2H])c([2H])c5c4oc4c([2H])c([2H])c([2H])c(-c6nc(-c7ccccc7)nc(-c7ccccc7)n6)c45)c([2H])c4c3oc3c([2H])c([2H])c([2H])c([2H])c34)c([2H])c2[2H])c([2H])c1[2H]. The summed E-state index contributed by atoms with van der Waals surface area (Å²) in [6, 6.07) is 0.145. The number of hydrogen-bond acceptors (Lipinski definition) is 5. The first kappa shape index (κ1) is 17.2. The zero-order valence-electron chi connectivity index (χ0n) is 49.4. The normalized spacial score (nSPS) is 16.8. The van der Waals surface area contributed by atoms with Gasteiger partial charge in [0.05, 0.1) is 28.8 Å². The van der Waals surface area contributed by atoms with Crippen LogP contribution in [-0.2, 0) is 0 Å². The third kappa shape index (κ3) is 5.37. The van der Waals surface area contributed by atoms with E-state index in [2.05, 4.69) is 0 Å². The molecule has 0 saturated heterocycles. The van der Waals surface area contributed by atoms with Gasteiger partial charge in [-0.3, -0.25) is 0 Å². The summed E-state index contributed by atoms with van der Waals surface area (Å²) in [6.07, 6.45) is 0. The molecule has 11 rings (SSSR count). The largest absolute Gasteiger partial charge is 0.455 e. The lowest BCUT2D eigenvalue weighted by Gasteiger charge is -2.10. The van der Waals surface area contributed by atoms with Gasteiger partial charge in [0.1, 0.15) is 22.3 Å². The number of aromatic nitrogens is 3. The molecule has 0 fully saturated rings. The Morgan fingerprint density at radius 1 is 0.357 bits per heavy atom. The molecule has 3 heterocycles. The first-order valence-electron chi connectivity index (χ1n) is 27.5. The van der Waals surface area contributed by atoms with E-state index in [-0.39, 0.29) is 33.8 Å². The lowest BCUT2D eigenvalue weighted by molar-refractivity contribution is 0.669. The van der Waals surface area contributed by atoms with Crippen LogP contribution in [0.1, 0.15) is 28.8 Å². The van der Waals surface area contributed by atoms with Crippen LogP contribution in [0.3, 0.4) is 0 Å². The lowest BCUT2D eigenvalue weighted by atomic mass is 9.93. The van der Waals surface area contributed by atoms with E-state index in [9.17, 15) is 13.7 Å². The fourth-order valence-electron chi connectivity index (χ4n) is 6.44. The highest BCUT2D eigenvalue weighted by molar-refractivity contribution is 6.17. The summed E-state index contributed by atoms with van der Waals surface area (Å²) in [5.74, 6) is 0.0148. The molecule has 0 atom stereocenters. The van der Waals surface area contributed by atoms with Crippen molar-refractivity contribution in [1.29, 1.82) is 0 Å². The first-order chi connectivity index (χ1) is 36.5. The lowest BCUT2D eigenvalue weighted by Crippen LogP contribution is -2.00. The summed E-state index contributed by atoms with van der Waals surface area (Å²) in [6.45, 7) is 0. The number of benzene rings is 8. The van der Waals surface area contributed by atoms with Crippen LogP contribution >= 0.6 is 0 Å². The molecule has 0 aliphatic heterocycles. The van der Waals surface area contributed by atoms with Gasteiger partial charge >= 0.3 is 0 Å². The van der Waals surface area contributed by atoms with Crippen LogP contribution in [0.15, 0.2) is 196 Å². The predicted molar refractivity (Wildman–Crippen MR) is 227 cm³/mol. The summed E-state index contributed by atoms with van der Waals surface area (Å²) in [5.41, 5.74) is -5.60. The number of hydrogen-bond donors (Lipinski definition) is 0. The van der Waals surface area contributed by atoms with Gasteiger partial charge in [0.25, 0.3) is 0 Å². The predicted octanol–water partition coefficient (Wildman–Crippen LogP) is 13.7. The molecule has 0 unspecified atom stereocenters. The number of furan rings is 2. The van der Waals surface area contributed by atoms with E-state index in [0.717, 1.165) is 0 Å². The molecule has 0 spiro atoms. The summed E-state index contributed by atoms with van der Waals surface area (Å²) in [7, 11) is 0. The van der Waals surface area contributed by atoms with Crippen molar-refractivity contribution >= 4 is 43.9 Å². The van der Waals surface area contributed by atoms with Crippen molar-refractivity contribution in [1.82, 2.24) is 15.0 Å². The van der Waals surface area contributed by atoms with Crippen molar-refractivity contribution < 1.29 is 37.6 Å². The van der Waals surface area contributed by atoms with Crippen molar-refractivity contribution in [3.63, 3.8) is 0 Å². The van der Waals surface area contributed by atoms with Crippen molar-refractivity contribution in [2.45, 2.75) is 0 Å². The van der Waals surface area contributed by atoms with Crippen LogP contribution in [0.25, 0.3) is 111 Å². The average Bonchev–Trinajstić information content (AvgIpc) is 4.18. The molecule has 0 N–H and O–H groups in total. The Balaban J connectivity index is 1.31. The number of rotatable bonds is 6.